The molecule has 2 N–H and O–H groups in total. The minimum absolute atomic E-state index is 0.561. The summed E-state index contributed by atoms with van der Waals surface area (Å²) in [7, 11) is 0. The van der Waals surface area contributed by atoms with E-state index in [1.54, 1.807) is 0 Å². The van der Waals surface area contributed by atoms with E-state index in [-0.39, 0.29) is 0 Å². The lowest BCUT2D eigenvalue weighted by Crippen LogP contribution is -2.44. The molecule has 170 valence electrons. The monoisotopic (exact) mass is 441 g/mol. The zero-order valence-corrected chi connectivity index (χ0v) is 19.0. The number of nitrogens with one attached hydrogen (secondary N) is 2. The van der Waals surface area contributed by atoms with Gasteiger partial charge >= 0.3 is 0 Å². The van der Waals surface area contributed by atoms with Gasteiger partial charge in [0.1, 0.15) is 11.6 Å². The summed E-state index contributed by atoms with van der Waals surface area (Å²) in [4.78, 5) is 21.8. The van der Waals surface area contributed by atoms with Gasteiger partial charge in [-0.3, -0.25) is 4.98 Å². The number of aromatic nitrogens is 4. The quantitative estimate of drug-likeness (QED) is 0.620. The van der Waals surface area contributed by atoms with E-state index in [9.17, 15) is 0 Å². The van der Waals surface area contributed by atoms with Crippen LogP contribution < -0.4 is 15.5 Å². The van der Waals surface area contributed by atoms with Gasteiger partial charge < -0.3 is 15.5 Å². The SMILES string of the molecule is c1cc(-c2nc(N3CCNCC3)c3c(C4CC4)cncc3n2)cc(N[C@@H]2C[C@H]3CCC2C3)n1. The number of pyridine rings is 2. The highest BCUT2D eigenvalue weighted by atomic mass is 15.2. The van der Waals surface area contributed by atoms with Gasteiger partial charge in [-0.1, -0.05) is 6.42 Å². The van der Waals surface area contributed by atoms with Crippen molar-refractivity contribution in [1.29, 1.82) is 0 Å². The Morgan fingerprint density at radius 2 is 1.91 bits per heavy atom. The van der Waals surface area contributed by atoms with Crippen molar-refractivity contribution in [3.63, 3.8) is 0 Å². The van der Waals surface area contributed by atoms with Crippen molar-refractivity contribution in [2.24, 2.45) is 11.8 Å². The van der Waals surface area contributed by atoms with E-state index in [1.807, 2.05) is 24.7 Å². The maximum atomic E-state index is 5.18. The number of nitrogens with zero attached hydrogens (tertiary/aromatic N) is 5. The normalized spacial score (nSPS) is 26.8. The van der Waals surface area contributed by atoms with Crippen LogP contribution in [0.3, 0.4) is 0 Å². The molecule has 1 unspecified atom stereocenters. The van der Waals surface area contributed by atoms with E-state index in [2.05, 4.69) is 31.6 Å². The molecule has 3 aromatic heterocycles. The van der Waals surface area contributed by atoms with Crippen molar-refractivity contribution < 1.29 is 0 Å². The summed E-state index contributed by atoms with van der Waals surface area (Å²) in [5.41, 5.74) is 3.30. The Hall–Kier alpha value is -2.80. The van der Waals surface area contributed by atoms with E-state index in [4.69, 9.17) is 9.97 Å². The predicted octanol–water partition coefficient (Wildman–Crippen LogP) is 3.97. The maximum absolute atomic E-state index is 5.18. The third-order valence-electron chi connectivity index (χ3n) is 8.14. The summed E-state index contributed by atoms with van der Waals surface area (Å²) in [5.74, 6) is 5.11. The molecule has 3 aliphatic carbocycles. The minimum Gasteiger partial charge on any atom is -0.367 e. The summed E-state index contributed by atoms with van der Waals surface area (Å²) in [6.45, 7) is 3.89. The minimum atomic E-state index is 0.561. The van der Waals surface area contributed by atoms with Crippen molar-refractivity contribution in [2.45, 2.75) is 50.5 Å². The average molecular weight is 442 g/mol. The molecule has 3 aromatic rings. The number of fused-ring (bicyclic) bond motifs is 3. The van der Waals surface area contributed by atoms with Crippen LogP contribution in [0.5, 0.6) is 0 Å². The lowest BCUT2D eigenvalue weighted by atomic mass is 9.95. The molecule has 7 nitrogen and oxygen atoms in total. The fraction of sp³-hybridized carbons (Fsp3) is 0.538. The molecule has 4 fully saturated rings. The van der Waals surface area contributed by atoms with Crippen molar-refractivity contribution in [1.82, 2.24) is 25.3 Å². The number of rotatable bonds is 5. The number of anilines is 2. The number of hydrogen-bond donors (Lipinski definition) is 2. The molecule has 0 amide bonds. The van der Waals surface area contributed by atoms with Crippen molar-refractivity contribution in [3.8, 4) is 11.4 Å². The Morgan fingerprint density at radius 1 is 1.00 bits per heavy atom. The maximum Gasteiger partial charge on any atom is 0.162 e. The van der Waals surface area contributed by atoms with Crippen LogP contribution in [-0.2, 0) is 0 Å². The van der Waals surface area contributed by atoms with Crippen LogP contribution in [0.2, 0.25) is 0 Å². The third-order valence-corrected chi connectivity index (χ3v) is 8.14. The first-order valence-electron chi connectivity index (χ1n) is 12.7. The van der Waals surface area contributed by atoms with Gasteiger partial charge in [-0.15, -0.1) is 0 Å². The van der Waals surface area contributed by atoms with Gasteiger partial charge in [-0.05, 0) is 67.6 Å². The van der Waals surface area contributed by atoms with Crippen LogP contribution in [0, 0.1) is 11.8 Å². The average Bonchev–Trinajstić information content (AvgIpc) is 3.51. The van der Waals surface area contributed by atoms with Gasteiger partial charge in [0.05, 0.1) is 11.7 Å². The van der Waals surface area contributed by atoms with Gasteiger partial charge in [0.15, 0.2) is 5.82 Å². The molecule has 0 spiro atoms. The third kappa shape index (κ3) is 3.62. The molecule has 2 bridgehead atoms. The first-order chi connectivity index (χ1) is 16.3. The molecule has 0 radical (unpaired) electrons. The van der Waals surface area contributed by atoms with Crippen LogP contribution in [0.1, 0.15) is 50.0 Å². The van der Waals surface area contributed by atoms with Crippen LogP contribution in [0.15, 0.2) is 30.7 Å². The van der Waals surface area contributed by atoms with Crippen LogP contribution in [-0.4, -0.2) is 52.2 Å². The molecule has 3 saturated carbocycles. The van der Waals surface area contributed by atoms with Crippen molar-refractivity contribution >= 4 is 22.5 Å². The summed E-state index contributed by atoms with van der Waals surface area (Å²) in [6.07, 6.45) is 13.8. The highest BCUT2D eigenvalue weighted by Crippen LogP contribution is 2.46. The van der Waals surface area contributed by atoms with Gasteiger partial charge in [0, 0.05) is 55.6 Å². The molecule has 7 rings (SSSR count). The van der Waals surface area contributed by atoms with Gasteiger partial charge in [0.25, 0.3) is 0 Å². The largest absolute Gasteiger partial charge is 0.367 e. The number of piperazine rings is 1. The Bertz CT molecular complexity index is 1180. The smallest absolute Gasteiger partial charge is 0.162 e. The molecular weight excluding hydrogens is 410 g/mol. The standard InChI is InChI=1S/C26H31N7/c1-2-18-11-16(1)12-21(18)30-23-13-19(5-6-29-23)25-31-22-15-28-14-20(17-3-4-17)24(22)26(32-25)33-9-7-27-8-10-33/h5-6,13-18,21,27H,1-4,7-12H2,(H,29,30)/t16-,18?,21+/m0/s1. The van der Waals surface area contributed by atoms with Gasteiger partial charge in [0.2, 0.25) is 0 Å². The molecule has 4 heterocycles. The molecule has 4 aliphatic rings. The number of hydrogen-bond acceptors (Lipinski definition) is 7. The highest BCUT2D eigenvalue weighted by molar-refractivity contribution is 5.94. The van der Waals surface area contributed by atoms with Crippen LogP contribution in [0.25, 0.3) is 22.3 Å². The highest BCUT2D eigenvalue weighted by Gasteiger charge is 2.39. The second kappa shape index (κ2) is 7.90. The molecular formula is C26H31N7. The second-order valence-electron chi connectivity index (χ2n) is 10.4. The van der Waals surface area contributed by atoms with E-state index in [1.165, 1.54) is 49.5 Å². The predicted molar refractivity (Wildman–Crippen MR) is 130 cm³/mol. The van der Waals surface area contributed by atoms with Gasteiger partial charge in [-0.25, -0.2) is 15.0 Å². The van der Waals surface area contributed by atoms with E-state index < -0.39 is 0 Å². The molecule has 33 heavy (non-hydrogen) atoms. The first-order valence-corrected chi connectivity index (χ1v) is 12.7. The lowest BCUT2D eigenvalue weighted by molar-refractivity contribution is 0.439. The van der Waals surface area contributed by atoms with Crippen LogP contribution >= 0.6 is 0 Å². The zero-order valence-electron chi connectivity index (χ0n) is 19.0. The topological polar surface area (TPSA) is 78.9 Å². The Morgan fingerprint density at radius 3 is 2.70 bits per heavy atom. The zero-order chi connectivity index (χ0) is 21.8. The summed E-state index contributed by atoms with van der Waals surface area (Å²) >= 11 is 0. The van der Waals surface area contributed by atoms with Crippen LogP contribution in [0.4, 0.5) is 11.6 Å². The Kier molecular flexibility index (Phi) is 4.71. The Balaban J connectivity index is 1.28. The molecule has 0 aromatic carbocycles. The summed E-state index contributed by atoms with van der Waals surface area (Å²) in [5, 5.41) is 8.40. The molecule has 3 atom stereocenters. The fourth-order valence-electron chi connectivity index (χ4n) is 6.29. The summed E-state index contributed by atoms with van der Waals surface area (Å²) < 4.78 is 0. The van der Waals surface area contributed by atoms with Gasteiger partial charge in [-0.2, -0.15) is 0 Å². The van der Waals surface area contributed by atoms with E-state index in [0.717, 1.165) is 66.6 Å². The second-order valence-corrected chi connectivity index (χ2v) is 10.4. The Labute approximate surface area is 194 Å². The first kappa shape index (κ1) is 19.6. The molecule has 1 saturated heterocycles. The van der Waals surface area contributed by atoms with Crippen molar-refractivity contribution in [2.75, 3.05) is 36.4 Å². The lowest BCUT2D eigenvalue weighted by Gasteiger charge is -2.30. The van der Waals surface area contributed by atoms with E-state index in [0.29, 0.717) is 12.0 Å². The molecule has 1 aliphatic heterocycles. The van der Waals surface area contributed by atoms with E-state index >= 15 is 0 Å². The summed E-state index contributed by atoms with van der Waals surface area (Å²) in [6, 6.07) is 4.73. The fourth-order valence-corrected chi connectivity index (χ4v) is 6.29. The van der Waals surface area contributed by atoms with Crippen molar-refractivity contribution in [3.05, 3.63) is 36.3 Å². The molecule has 7 heteroatoms.